The number of nitriles is 1. The van der Waals surface area contributed by atoms with Gasteiger partial charge in [0.1, 0.15) is 6.07 Å². The summed E-state index contributed by atoms with van der Waals surface area (Å²) < 4.78 is 23.0. The second-order valence-corrected chi connectivity index (χ2v) is 2.76. The fraction of sp³-hybridized carbons (Fsp3) is 0.333. The van der Waals surface area contributed by atoms with Crippen molar-refractivity contribution < 1.29 is 13.9 Å². The van der Waals surface area contributed by atoms with Crippen LogP contribution in [0.15, 0.2) is 12.1 Å². The highest BCUT2D eigenvalue weighted by molar-refractivity contribution is 5.31. The van der Waals surface area contributed by atoms with Crippen molar-refractivity contribution in [3.63, 3.8) is 0 Å². The van der Waals surface area contributed by atoms with E-state index in [1.807, 2.05) is 0 Å². The number of aromatic nitrogens is 1. The molecule has 0 saturated carbocycles. The zero-order valence-corrected chi connectivity index (χ0v) is 7.24. The number of nitrogens with zero attached hydrogens (tertiary/aromatic N) is 2. The SMILES string of the molecule is N#Cc1nc(F)ccc1C1OCCO1. The van der Waals surface area contributed by atoms with Crippen LogP contribution < -0.4 is 0 Å². The quantitative estimate of drug-likeness (QED) is 0.629. The summed E-state index contributed by atoms with van der Waals surface area (Å²) in [5.74, 6) is -0.678. The molecule has 2 rings (SSSR count). The van der Waals surface area contributed by atoms with Crippen LogP contribution >= 0.6 is 0 Å². The second-order valence-electron chi connectivity index (χ2n) is 2.76. The van der Waals surface area contributed by atoms with Crippen LogP contribution in [0.4, 0.5) is 4.39 Å². The number of hydrogen-bond donors (Lipinski definition) is 0. The average Bonchev–Trinajstić information content (AvgIpc) is 2.70. The minimum atomic E-state index is -0.678. The van der Waals surface area contributed by atoms with E-state index in [4.69, 9.17) is 14.7 Å². The van der Waals surface area contributed by atoms with E-state index in [9.17, 15) is 4.39 Å². The molecule has 1 aromatic heterocycles. The van der Waals surface area contributed by atoms with Gasteiger partial charge in [0.05, 0.1) is 13.2 Å². The van der Waals surface area contributed by atoms with Gasteiger partial charge in [0.25, 0.3) is 0 Å². The molecule has 1 saturated heterocycles. The van der Waals surface area contributed by atoms with E-state index in [0.717, 1.165) is 0 Å². The lowest BCUT2D eigenvalue weighted by Gasteiger charge is -2.09. The Balaban J connectivity index is 2.37. The summed E-state index contributed by atoms with van der Waals surface area (Å²) in [5, 5.41) is 8.71. The Hall–Kier alpha value is -1.51. The lowest BCUT2D eigenvalue weighted by molar-refractivity contribution is -0.0446. The summed E-state index contributed by atoms with van der Waals surface area (Å²) in [4.78, 5) is 3.45. The molecule has 72 valence electrons. The maximum Gasteiger partial charge on any atom is 0.214 e. The Labute approximate surface area is 79.9 Å². The maximum atomic E-state index is 12.7. The van der Waals surface area contributed by atoms with Gasteiger partial charge < -0.3 is 9.47 Å². The highest BCUT2D eigenvalue weighted by Crippen LogP contribution is 2.24. The van der Waals surface area contributed by atoms with Crippen molar-refractivity contribution in [3.8, 4) is 6.07 Å². The van der Waals surface area contributed by atoms with E-state index in [1.54, 1.807) is 6.07 Å². The van der Waals surface area contributed by atoms with Crippen molar-refractivity contribution in [2.45, 2.75) is 6.29 Å². The molecule has 0 aromatic carbocycles. The summed E-state index contributed by atoms with van der Waals surface area (Å²) in [6.45, 7) is 0.958. The molecule has 1 aromatic rings. The smallest absolute Gasteiger partial charge is 0.214 e. The molecule has 1 aliphatic rings. The molecule has 0 unspecified atom stereocenters. The van der Waals surface area contributed by atoms with Crippen LogP contribution in [0, 0.1) is 17.3 Å². The molecule has 0 aliphatic carbocycles. The Morgan fingerprint density at radius 2 is 2.14 bits per heavy atom. The maximum absolute atomic E-state index is 12.7. The number of hydrogen-bond acceptors (Lipinski definition) is 4. The van der Waals surface area contributed by atoms with Gasteiger partial charge in [-0.05, 0) is 12.1 Å². The first-order valence-corrected chi connectivity index (χ1v) is 4.11. The lowest BCUT2D eigenvalue weighted by atomic mass is 10.2. The minimum Gasteiger partial charge on any atom is -0.346 e. The van der Waals surface area contributed by atoms with Gasteiger partial charge in [-0.25, -0.2) is 4.98 Å². The summed E-state index contributed by atoms with van der Waals surface area (Å²) >= 11 is 0. The molecule has 0 N–H and O–H groups in total. The Morgan fingerprint density at radius 3 is 2.79 bits per heavy atom. The van der Waals surface area contributed by atoms with E-state index in [-0.39, 0.29) is 5.69 Å². The molecule has 0 atom stereocenters. The van der Waals surface area contributed by atoms with Gasteiger partial charge in [0.15, 0.2) is 12.0 Å². The van der Waals surface area contributed by atoms with Crippen LogP contribution in [0.5, 0.6) is 0 Å². The lowest BCUT2D eigenvalue weighted by Crippen LogP contribution is -2.03. The van der Waals surface area contributed by atoms with E-state index < -0.39 is 12.2 Å². The zero-order chi connectivity index (χ0) is 9.97. The number of rotatable bonds is 1. The van der Waals surface area contributed by atoms with Crippen molar-refractivity contribution in [1.82, 2.24) is 4.98 Å². The van der Waals surface area contributed by atoms with Crippen molar-refractivity contribution >= 4 is 0 Å². The van der Waals surface area contributed by atoms with Gasteiger partial charge in [-0.15, -0.1) is 0 Å². The molecule has 0 bridgehead atoms. The normalized spacial score (nSPS) is 16.9. The summed E-state index contributed by atoms with van der Waals surface area (Å²) in [6.07, 6.45) is -0.585. The van der Waals surface area contributed by atoms with Gasteiger partial charge in [-0.3, -0.25) is 0 Å². The first kappa shape index (κ1) is 9.06. The molecule has 4 nitrogen and oxygen atoms in total. The van der Waals surface area contributed by atoms with Crippen LogP contribution in [-0.4, -0.2) is 18.2 Å². The van der Waals surface area contributed by atoms with Gasteiger partial charge >= 0.3 is 0 Å². The van der Waals surface area contributed by atoms with Gasteiger partial charge in [0, 0.05) is 5.56 Å². The van der Waals surface area contributed by atoms with E-state index in [2.05, 4.69) is 4.98 Å². The van der Waals surface area contributed by atoms with E-state index >= 15 is 0 Å². The number of pyridine rings is 1. The Kier molecular flexibility index (Phi) is 2.39. The van der Waals surface area contributed by atoms with Crippen LogP contribution in [0.25, 0.3) is 0 Å². The molecule has 14 heavy (non-hydrogen) atoms. The highest BCUT2D eigenvalue weighted by atomic mass is 19.1. The van der Waals surface area contributed by atoms with Crippen molar-refractivity contribution in [2.24, 2.45) is 0 Å². The first-order valence-electron chi connectivity index (χ1n) is 4.11. The topological polar surface area (TPSA) is 55.1 Å². The van der Waals surface area contributed by atoms with Crippen molar-refractivity contribution in [3.05, 3.63) is 29.3 Å². The van der Waals surface area contributed by atoms with E-state index in [0.29, 0.717) is 18.8 Å². The molecule has 1 fully saturated rings. The minimum absolute atomic E-state index is 0.0110. The molecule has 5 heteroatoms. The largest absolute Gasteiger partial charge is 0.346 e. The number of ether oxygens (including phenoxy) is 2. The van der Waals surface area contributed by atoms with Crippen LogP contribution in [0.3, 0.4) is 0 Å². The third kappa shape index (κ3) is 1.58. The molecular weight excluding hydrogens is 187 g/mol. The van der Waals surface area contributed by atoms with Crippen molar-refractivity contribution in [1.29, 1.82) is 5.26 Å². The first-order chi connectivity index (χ1) is 6.81. The van der Waals surface area contributed by atoms with Crippen molar-refractivity contribution in [2.75, 3.05) is 13.2 Å². The van der Waals surface area contributed by atoms with Gasteiger partial charge in [-0.1, -0.05) is 0 Å². The Morgan fingerprint density at radius 1 is 1.43 bits per heavy atom. The molecule has 0 spiro atoms. The predicted molar refractivity (Wildman–Crippen MR) is 43.6 cm³/mol. The van der Waals surface area contributed by atoms with Gasteiger partial charge in [0.2, 0.25) is 5.95 Å². The van der Waals surface area contributed by atoms with Crippen LogP contribution in [0.2, 0.25) is 0 Å². The zero-order valence-electron chi connectivity index (χ0n) is 7.24. The summed E-state index contributed by atoms with van der Waals surface area (Å²) in [7, 11) is 0. The highest BCUT2D eigenvalue weighted by Gasteiger charge is 2.22. The third-order valence-corrected chi connectivity index (χ3v) is 1.87. The molecule has 1 aliphatic heterocycles. The third-order valence-electron chi connectivity index (χ3n) is 1.87. The molecule has 2 heterocycles. The molecule has 0 radical (unpaired) electrons. The molecular formula is C9H7FN2O2. The summed E-state index contributed by atoms with van der Waals surface area (Å²) in [6, 6.07) is 4.44. The summed E-state index contributed by atoms with van der Waals surface area (Å²) in [5.41, 5.74) is 0.489. The van der Waals surface area contributed by atoms with Crippen LogP contribution in [0.1, 0.15) is 17.5 Å². The second kappa shape index (κ2) is 3.70. The van der Waals surface area contributed by atoms with E-state index in [1.165, 1.54) is 12.1 Å². The number of halogens is 1. The average molecular weight is 194 g/mol. The standard InChI is InChI=1S/C9H7FN2O2/c10-8-2-1-6(7(5-11)12-8)9-13-3-4-14-9/h1-2,9H,3-4H2. The monoisotopic (exact) mass is 194 g/mol. The fourth-order valence-corrected chi connectivity index (χ4v) is 1.26. The molecule has 0 amide bonds. The fourth-order valence-electron chi connectivity index (χ4n) is 1.26. The Bertz CT molecular complexity index is 383. The predicted octanol–water partition coefficient (Wildman–Crippen LogP) is 1.14. The van der Waals surface area contributed by atoms with Gasteiger partial charge in [-0.2, -0.15) is 9.65 Å². The van der Waals surface area contributed by atoms with Crippen LogP contribution in [-0.2, 0) is 9.47 Å².